The summed E-state index contributed by atoms with van der Waals surface area (Å²) in [7, 11) is 0. The molecule has 2 amide bonds. The van der Waals surface area contributed by atoms with E-state index in [1.54, 1.807) is 36.4 Å². The van der Waals surface area contributed by atoms with Crippen LogP contribution in [0, 0.1) is 13.8 Å². The first kappa shape index (κ1) is 21.4. The fraction of sp³-hybridized carbons (Fsp3) is 0.125. The lowest BCUT2D eigenvalue weighted by atomic mass is 10.1. The normalized spacial score (nSPS) is 10.7. The Morgan fingerprint density at radius 2 is 1.78 bits per heavy atom. The maximum Gasteiger partial charge on any atom is 0.323 e. The van der Waals surface area contributed by atoms with Gasteiger partial charge in [-0.3, -0.25) is 9.20 Å². The number of hydrogen-bond acceptors (Lipinski definition) is 4. The predicted molar refractivity (Wildman–Crippen MR) is 126 cm³/mol. The number of rotatable bonds is 5. The monoisotopic (exact) mass is 448 g/mol. The SMILES string of the molecule is Cc1ccc(NC(=O)Nc2cccc(OCc3cc(=O)n4cc(Cl)ccc4n3)c2)cc1C. The van der Waals surface area contributed by atoms with Crippen molar-refractivity contribution >= 4 is 34.7 Å². The zero-order chi connectivity index (χ0) is 22.7. The number of fused-ring (bicyclic) bond motifs is 1. The first-order valence-electron chi connectivity index (χ1n) is 9.93. The lowest BCUT2D eigenvalue weighted by Gasteiger charge is -2.11. The van der Waals surface area contributed by atoms with Crippen molar-refractivity contribution in [2.45, 2.75) is 20.5 Å². The Morgan fingerprint density at radius 3 is 2.56 bits per heavy atom. The Bertz CT molecular complexity index is 1370. The van der Waals surface area contributed by atoms with Crippen molar-refractivity contribution in [3.05, 3.63) is 99.1 Å². The Labute approximate surface area is 189 Å². The van der Waals surface area contributed by atoms with E-state index in [2.05, 4.69) is 15.6 Å². The van der Waals surface area contributed by atoms with Crippen LogP contribution < -0.4 is 20.9 Å². The Morgan fingerprint density at radius 1 is 1.00 bits per heavy atom. The number of carbonyl (C=O) groups is 1. The van der Waals surface area contributed by atoms with Gasteiger partial charge in [0.2, 0.25) is 0 Å². The molecule has 0 aliphatic carbocycles. The topological polar surface area (TPSA) is 84.7 Å². The molecule has 0 bridgehead atoms. The molecule has 4 rings (SSSR count). The molecule has 0 saturated carbocycles. The van der Waals surface area contributed by atoms with E-state index in [4.69, 9.17) is 16.3 Å². The van der Waals surface area contributed by atoms with Gasteiger partial charge in [-0.05, 0) is 61.4 Å². The van der Waals surface area contributed by atoms with Gasteiger partial charge in [0, 0.05) is 29.7 Å². The van der Waals surface area contributed by atoms with Crippen LogP contribution in [0.3, 0.4) is 0 Å². The highest BCUT2D eigenvalue weighted by molar-refractivity contribution is 6.30. The van der Waals surface area contributed by atoms with Gasteiger partial charge in [-0.2, -0.15) is 0 Å². The summed E-state index contributed by atoms with van der Waals surface area (Å²) in [5.74, 6) is 0.534. The molecule has 4 aromatic rings. The van der Waals surface area contributed by atoms with Gasteiger partial charge in [0.25, 0.3) is 5.56 Å². The Kier molecular flexibility index (Phi) is 6.09. The van der Waals surface area contributed by atoms with Crippen LogP contribution in [0.25, 0.3) is 5.65 Å². The maximum atomic E-state index is 12.3. The third kappa shape index (κ3) is 5.07. The Balaban J connectivity index is 1.41. The molecule has 0 aliphatic heterocycles. The van der Waals surface area contributed by atoms with Crippen molar-refractivity contribution in [1.29, 1.82) is 0 Å². The highest BCUT2D eigenvalue weighted by Crippen LogP contribution is 2.20. The van der Waals surface area contributed by atoms with Crippen LogP contribution in [0.1, 0.15) is 16.8 Å². The molecule has 32 heavy (non-hydrogen) atoms. The lowest BCUT2D eigenvalue weighted by Crippen LogP contribution is -2.19. The second-order valence-corrected chi connectivity index (χ2v) is 7.79. The standard InChI is InChI=1S/C24H21ClN4O3/c1-15-6-8-19(10-16(15)2)28-24(31)27-18-4-3-5-21(11-18)32-14-20-12-23(30)29-13-17(25)7-9-22(29)26-20/h3-13H,14H2,1-2H3,(H2,27,28,31). The van der Waals surface area contributed by atoms with E-state index in [1.165, 1.54) is 16.7 Å². The summed E-state index contributed by atoms with van der Waals surface area (Å²) in [6.45, 7) is 4.12. The lowest BCUT2D eigenvalue weighted by molar-refractivity contribution is 0.262. The number of nitrogens with one attached hydrogen (secondary N) is 2. The number of benzene rings is 2. The quantitative estimate of drug-likeness (QED) is 0.440. The smallest absolute Gasteiger partial charge is 0.323 e. The van der Waals surface area contributed by atoms with E-state index in [9.17, 15) is 9.59 Å². The van der Waals surface area contributed by atoms with Crippen LogP contribution in [0.4, 0.5) is 16.2 Å². The molecular formula is C24H21ClN4O3. The summed E-state index contributed by atoms with van der Waals surface area (Å²) < 4.78 is 7.16. The zero-order valence-corrected chi connectivity index (χ0v) is 18.3. The van der Waals surface area contributed by atoms with Crippen molar-refractivity contribution < 1.29 is 9.53 Å². The summed E-state index contributed by atoms with van der Waals surface area (Å²) in [6, 6.07) is 17.1. The summed E-state index contributed by atoms with van der Waals surface area (Å²) in [5, 5.41) is 6.06. The van der Waals surface area contributed by atoms with Gasteiger partial charge in [0.05, 0.1) is 10.7 Å². The summed E-state index contributed by atoms with van der Waals surface area (Å²) in [4.78, 5) is 29.0. The third-order valence-electron chi connectivity index (χ3n) is 4.92. The number of ether oxygens (including phenoxy) is 1. The summed E-state index contributed by atoms with van der Waals surface area (Å²) >= 11 is 5.93. The van der Waals surface area contributed by atoms with Gasteiger partial charge in [-0.1, -0.05) is 23.7 Å². The molecule has 0 atom stereocenters. The van der Waals surface area contributed by atoms with Gasteiger partial charge in [-0.25, -0.2) is 9.78 Å². The highest BCUT2D eigenvalue weighted by atomic mass is 35.5. The van der Waals surface area contributed by atoms with E-state index < -0.39 is 0 Å². The Hall–Kier alpha value is -3.84. The van der Waals surface area contributed by atoms with Crippen LogP contribution in [0.5, 0.6) is 5.75 Å². The number of carbonyl (C=O) groups excluding carboxylic acids is 1. The van der Waals surface area contributed by atoms with Gasteiger partial charge in [-0.15, -0.1) is 0 Å². The van der Waals surface area contributed by atoms with Gasteiger partial charge < -0.3 is 15.4 Å². The zero-order valence-electron chi connectivity index (χ0n) is 17.6. The number of halogens is 1. The molecule has 7 nitrogen and oxygen atoms in total. The molecule has 0 spiro atoms. The minimum Gasteiger partial charge on any atom is -0.487 e. The molecule has 0 aliphatic rings. The van der Waals surface area contributed by atoms with E-state index in [-0.39, 0.29) is 18.2 Å². The third-order valence-corrected chi connectivity index (χ3v) is 5.14. The minimum atomic E-state index is -0.353. The molecule has 2 aromatic heterocycles. The van der Waals surface area contributed by atoms with Gasteiger partial charge >= 0.3 is 6.03 Å². The van der Waals surface area contributed by atoms with Crippen molar-refractivity contribution in [3.8, 4) is 5.75 Å². The largest absolute Gasteiger partial charge is 0.487 e. The number of hydrogen-bond donors (Lipinski definition) is 2. The summed E-state index contributed by atoms with van der Waals surface area (Å²) in [6.07, 6.45) is 1.52. The average Bonchev–Trinajstić information content (AvgIpc) is 2.76. The molecule has 0 fully saturated rings. The average molecular weight is 449 g/mol. The van der Waals surface area contributed by atoms with Gasteiger partial charge in [0.15, 0.2) is 0 Å². The van der Waals surface area contributed by atoms with Gasteiger partial charge in [0.1, 0.15) is 18.0 Å². The van der Waals surface area contributed by atoms with Crippen LogP contribution in [-0.4, -0.2) is 15.4 Å². The van der Waals surface area contributed by atoms with Crippen molar-refractivity contribution in [1.82, 2.24) is 9.38 Å². The first-order valence-corrected chi connectivity index (χ1v) is 10.3. The minimum absolute atomic E-state index is 0.104. The molecule has 2 aromatic carbocycles. The second kappa shape index (κ2) is 9.11. The number of anilines is 2. The number of amides is 2. The maximum absolute atomic E-state index is 12.3. The molecule has 162 valence electrons. The highest BCUT2D eigenvalue weighted by Gasteiger charge is 2.07. The molecule has 2 N–H and O–H groups in total. The van der Waals surface area contributed by atoms with Crippen LogP contribution in [0.15, 0.2) is 71.7 Å². The molecule has 8 heteroatoms. The van der Waals surface area contributed by atoms with Crippen molar-refractivity contribution in [2.75, 3.05) is 10.6 Å². The van der Waals surface area contributed by atoms with E-state index in [1.807, 2.05) is 32.0 Å². The van der Waals surface area contributed by atoms with Crippen LogP contribution >= 0.6 is 11.6 Å². The molecule has 0 saturated heterocycles. The van der Waals surface area contributed by atoms with E-state index in [0.29, 0.717) is 33.5 Å². The van der Waals surface area contributed by atoms with E-state index in [0.717, 1.165) is 11.1 Å². The van der Waals surface area contributed by atoms with Crippen molar-refractivity contribution in [2.24, 2.45) is 0 Å². The number of urea groups is 1. The number of aryl methyl sites for hydroxylation is 2. The molecular weight excluding hydrogens is 428 g/mol. The van der Waals surface area contributed by atoms with E-state index >= 15 is 0 Å². The second-order valence-electron chi connectivity index (χ2n) is 7.36. The molecule has 0 unspecified atom stereocenters. The number of nitrogens with zero attached hydrogens (tertiary/aromatic N) is 2. The number of aromatic nitrogens is 2. The fourth-order valence-corrected chi connectivity index (χ4v) is 3.29. The molecule has 2 heterocycles. The predicted octanol–water partition coefficient (Wildman–Crippen LogP) is 5.19. The first-order chi connectivity index (χ1) is 15.4. The summed E-state index contributed by atoms with van der Waals surface area (Å²) in [5.41, 5.74) is 4.28. The van der Waals surface area contributed by atoms with Crippen molar-refractivity contribution in [3.63, 3.8) is 0 Å². The van der Waals surface area contributed by atoms with Crippen LogP contribution in [0.2, 0.25) is 5.02 Å². The van der Waals surface area contributed by atoms with Crippen LogP contribution in [-0.2, 0) is 6.61 Å². The fourth-order valence-electron chi connectivity index (χ4n) is 3.13. The number of pyridine rings is 1. The molecule has 0 radical (unpaired) electrons.